The zero-order valence-corrected chi connectivity index (χ0v) is 15.1. The van der Waals surface area contributed by atoms with Crippen LogP contribution in [0.25, 0.3) is 0 Å². The van der Waals surface area contributed by atoms with Crippen LogP contribution in [-0.4, -0.2) is 96.8 Å². The summed E-state index contributed by atoms with van der Waals surface area (Å²) in [6, 6.07) is -0.957. The number of aliphatic hydroxyl groups is 5. The van der Waals surface area contributed by atoms with E-state index in [4.69, 9.17) is 9.84 Å². The molecule has 0 saturated carbocycles. The predicted octanol–water partition coefficient (Wildman–Crippen LogP) is -1.76. The highest BCUT2D eigenvalue weighted by Gasteiger charge is 2.45. The first-order valence-corrected chi connectivity index (χ1v) is 8.98. The van der Waals surface area contributed by atoms with Gasteiger partial charge in [-0.2, -0.15) is 0 Å². The molecule has 5 N–H and O–H groups in total. The lowest BCUT2D eigenvalue weighted by atomic mass is 9.96. The molecule has 1 aliphatic rings. The summed E-state index contributed by atoms with van der Waals surface area (Å²) in [6.07, 6.45) is 0.394. The summed E-state index contributed by atoms with van der Waals surface area (Å²) in [6.45, 7) is 1.18. The molecule has 26 heavy (non-hydrogen) atoms. The van der Waals surface area contributed by atoms with Crippen LogP contribution < -0.4 is 0 Å². The number of unbranched alkanes of at least 4 members (excludes halogenated alkanes) is 3. The van der Waals surface area contributed by atoms with E-state index in [2.05, 4.69) is 15.2 Å². The Balaban J connectivity index is 1.91. The van der Waals surface area contributed by atoms with Gasteiger partial charge in [0.1, 0.15) is 24.4 Å². The molecule has 0 amide bonds. The topological polar surface area (TPSA) is 144 Å². The third-order valence-electron chi connectivity index (χ3n) is 4.61. The number of rotatable bonds is 10. The quantitative estimate of drug-likeness (QED) is 0.301. The molecule has 0 spiro atoms. The monoisotopic (exact) mass is 374 g/mol. The molecule has 1 aliphatic heterocycles. The third kappa shape index (κ3) is 5.43. The Bertz CT molecular complexity index is 531. The SMILES string of the molecule is CN(CCCCCCO)Cc1cn(C2C(O)C(O)OC(CO)C2O)nn1. The second-order valence-corrected chi connectivity index (χ2v) is 6.78. The number of hydrogen-bond acceptors (Lipinski definition) is 9. The Morgan fingerprint density at radius 3 is 2.54 bits per heavy atom. The lowest BCUT2D eigenvalue weighted by Crippen LogP contribution is -2.55. The second kappa shape index (κ2) is 10.3. The predicted molar refractivity (Wildman–Crippen MR) is 90.9 cm³/mol. The maximum atomic E-state index is 10.3. The molecule has 0 aromatic carbocycles. The molecule has 2 heterocycles. The van der Waals surface area contributed by atoms with Gasteiger partial charge in [-0.15, -0.1) is 5.10 Å². The van der Waals surface area contributed by atoms with Crippen molar-refractivity contribution >= 4 is 0 Å². The molecule has 1 saturated heterocycles. The van der Waals surface area contributed by atoms with Gasteiger partial charge >= 0.3 is 0 Å². The van der Waals surface area contributed by atoms with Crippen LogP contribution in [-0.2, 0) is 11.3 Å². The van der Waals surface area contributed by atoms with Crippen LogP contribution in [0.15, 0.2) is 6.20 Å². The zero-order valence-electron chi connectivity index (χ0n) is 15.1. The van der Waals surface area contributed by atoms with Crippen molar-refractivity contribution in [1.82, 2.24) is 19.9 Å². The molecule has 1 fully saturated rings. The average Bonchev–Trinajstić information content (AvgIpc) is 3.06. The summed E-state index contributed by atoms with van der Waals surface area (Å²) in [5.41, 5.74) is 0.670. The van der Waals surface area contributed by atoms with Crippen molar-refractivity contribution in [3.05, 3.63) is 11.9 Å². The van der Waals surface area contributed by atoms with E-state index in [0.29, 0.717) is 12.2 Å². The van der Waals surface area contributed by atoms with E-state index in [1.165, 1.54) is 4.68 Å². The van der Waals surface area contributed by atoms with Gasteiger partial charge < -0.3 is 35.2 Å². The van der Waals surface area contributed by atoms with Gasteiger partial charge in [0.25, 0.3) is 0 Å². The zero-order chi connectivity index (χ0) is 19.1. The highest BCUT2D eigenvalue weighted by atomic mass is 16.6. The van der Waals surface area contributed by atoms with E-state index >= 15 is 0 Å². The molecule has 0 bridgehead atoms. The van der Waals surface area contributed by atoms with Gasteiger partial charge in [-0.05, 0) is 26.4 Å². The van der Waals surface area contributed by atoms with Gasteiger partial charge in [-0.25, -0.2) is 4.68 Å². The highest BCUT2D eigenvalue weighted by Crippen LogP contribution is 2.28. The smallest absolute Gasteiger partial charge is 0.183 e. The summed E-state index contributed by atoms with van der Waals surface area (Å²) in [4.78, 5) is 2.09. The maximum absolute atomic E-state index is 10.3. The third-order valence-corrected chi connectivity index (χ3v) is 4.61. The van der Waals surface area contributed by atoms with Crippen molar-refractivity contribution in [3.63, 3.8) is 0 Å². The number of hydrogen-bond donors (Lipinski definition) is 5. The maximum Gasteiger partial charge on any atom is 0.183 e. The first kappa shape index (κ1) is 21.2. The summed E-state index contributed by atoms with van der Waals surface area (Å²) < 4.78 is 6.29. The standard InChI is InChI=1S/C16H30N4O6/c1-19(6-4-2-3-5-7-21)8-11-9-20(18-17-11)13-14(23)12(10-22)26-16(25)15(13)24/h9,12-16,21-25H,2-8,10H2,1H3. The number of aromatic nitrogens is 3. The summed E-state index contributed by atoms with van der Waals surface area (Å²) >= 11 is 0. The van der Waals surface area contributed by atoms with Crippen molar-refractivity contribution in [1.29, 1.82) is 0 Å². The molecule has 5 unspecified atom stereocenters. The van der Waals surface area contributed by atoms with Crippen molar-refractivity contribution in [2.24, 2.45) is 0 Å². The van der Waals surface area contributed by atoms with Crippen molar-refractivity contribution < 1.29 is 30.3 Å². The van der Waals surface area contributed by atoms with E-state index in [1.54, 1.807) is 6.20 Å². The normalized spacial score (nSPS) is 29.4. The van der Waals surface area contributed by atoms with Crippen LogP contribution in [0.5, 0.6) is 0 Å². The first-order valence-electron chi connectivity index (χ1n) is 8.98. The summed E-state index contributed by atoms with van der Waals surface area (Å²) in [5, 5.41) is 56.2. The summed E-state index contributed by atoms with van der Waals surface area (Å²) in [7, 11) is 1.97. The molecule has 5 atom stereocenters. The van der Waals surface area contributed by atoms with Crippen molar-refractivity contribution in [3.8, 4) is 0 Å². The number of ether oxygens (including phenoxy) is 1. The van der Waals surface area contributed by atoms with Crippen molar-refractivity contribution in [2.75, 3.05) is 26.8 Å². The van der Waals surface area contributed by atoms with E-state index in [1.807, 2.05) is 7.05 Å². The minimum atomic E-state index is -1.52. The van der Waals surface area contributed by atoms with Gasteiger partial charge in [0.15, 0.2) is 6.29 Å². The van der Waals surface area contributed by atoms with Crippen LogP contribution in [0.3, 0.4) is 0 Å². The van der Waals surface area contributed by atoms with Gasteiger partial charge in [0.05, 0.1) is 18.5 Å². The second-order valence-electron chi connectivity index (χ2n) is 6.78. The number of nitrogens with zero attached hydrogens (tertiary/aromatic N) is 4. The van der Waals surface area contributed by atoms with Gasteiger partial charge in [-0.3, -0.25) is 0 Å². The molecule has 0 radical (unpaired) electrons. The lowest BCUT2D eigenvalue weighted by Gasteiger charge is -2.39. The van der Waals surface area contributed by atoms with E-state index in [9.17, 15) is 20.4 Å². The minimum absolute atomic E-state index is 0.231. The van der Waals surface area contributed by atoms with Crippen LogP contribution >= 0.6 is 0 Å². The van der Waals surface area contributed by atoms with Crippen molar-refractivity contribution in [2.45, 2.75) is 62.9 Å². The summed E-state index contributed by atoms with van der Waals surface area (Å²) in [5.74, 6) is 0. The number of aliphatic hydroxyl groups excluding tert-OH is 5. The van der Waals surface area contributed by atoms with Crippen LogP contribution in [0.4, 0.5) is 0 Å². The van der Waals surface area contributed by atoms with Crippen LogP contribution in [0.1, 0.15) is 37.4 Å². The molecule has 1 aromatic heterocycles. The largest absolute Gasteiger partial charge is 0.396 e. The molecule has 2 rings (SSSR count). The molecule has 150 valence electrons. The van der Waals surface area contributed by atoms with Gasteiger partial charge in [0, 0.05) is 13.2 Å². The Morgan fingerprint density at radius 1 is 1.12 bits per heavy atom. The molecular formula is C16H30N4O6. The fourth-order valence-corrected chi connectivity index (χ4v) is 3.13. The van der Waals surface area contributed by atoms with E-state index < -0.39 is 37.3 Å². The first-order chi connectivity index (χ1) is 12.5. The van der Waals surface area contributed by atoms with Crippen LogP contribution in [0, 0.1) is 0 Å². The molecule has 0 aliphatic carbocycles. The average molecular weight is 374 g/mol. The van der Waals surface area contributed by atoms with Gasteiger partial charge in [0.2, 0.25) is 0 Å². The van der Waals surface area contributed by atoms with E-state index in [-0.39, 0.29) is 6.61 Å². The Morgan fingerprint density at radius 2 is 1.85 bits per heavy atom. The Labute approximate surface area is 152 Å². The molecule has 10 nitrogen and oxygen atoms in total. The fraction of sp³-hybridized carbons (Fsp3) is 0.875. The fourth-order valence-electron chi connectivity index (χ4n) is 3.13. The lowest BCUT2D eigenvalue weighted by molar-refractivity contribution is -0.270. The minimum Gasteiger partial charge on any atom is -0.396 e. The van der Waals surface area contributed by atoms with Gasteiger partial charge in [-0.1, -0.05) is 18.1 Å². The highest BCUT2D eigenvalue weighted by molar-refractivity contribution is 4.98. The van der Waals surface area contributed by atoms with Crippen LogP contribution in [0.2, 0.25) is 0 Å². The Hall–Kier alpha value is -1.14. The van der Waals surface area contributed by atoms with E-state index in [0.717, 1.165) is 32.2 Å². The molecular weight excluding hydrogens is 344 g/mol. The molecule has 1 aromatic rings. The molecule has 10 heteroatoms. The Kier molecular flexibility index (Phi) is 8.35.